The molecule has 10 heteroatoms. The predicted molar refractivity (Wildman–Crippen MR) is 105 cm³/mol. The van der Waals surface area contributed by atoms with E-state index in [1.54, 1.807) is 30.9 Å². The minimum absolute atomic E-state index is 0.0313. The summed E-state index contributed by atoms with van der Waals surface area (Å²) < 4.78 is 1.58. The number of carboxylic acids is 2. The Morgan fingerprint density at radius 3 is 2.28 bits per heavy atom. The third kappa shape index (κ3) is 6.58. The largest absolute Gasteiger partial charge is 0.481 e. The van der Waals surface area contributed by atoms with E-state index in [9.17, 15) is 19.2 Å². The molecule has 0 bridgehead atoms. The first-order chi connectivity index (χ1) is 13.7. The van der Waals surface area contributed by atoms with Gasteiger partial charge in [0.25, 0.3) is 0 Å². The molecule has 10 nitrogen and oxygen atoms in total. The highest BCUT2D eigenvalue weighted by Gasteiger charge is 2.35. The number of hydrogen-bond acceptors (Lipinski definition) is 5. The highest BCUT2D eigenvalue weighted by atomic mass is 16.4. The summed E-state index contributed by atoms with van der Waals surface area (Å²) in [7, 11) is 1.75. The number of carbonyl (C=O) groups is 4. The second-order valence-electron chi connectivity index (χ2n) is 6.65. The maximum atomic E-state index is 11.5. The minimum atomic E-state index is -0.929. The molecule has 1 aromatic rings. The number of carboxylic acid groups (broad SMARTS) is 2. The van der Waals surface area contributed by atoms with Crippen LogP contribution in [0, 0.1) is 5.92 Å². The highest BCUT2D eigenvalue weighted by molar-refractivity contribution is 5.98. The number of piperidine rings is 1. The van der Waals surface area contributed by atoms with Crippen LogP contribution >= 0.6 is 0 Å². The van der Waals surface area contributed by atoms with Gasteiger partial charge in [0.15, 0.2) is 5.82 Å². The van der Waals surface area contributed by atoms with Gasteiger partial charge in [-0.2, -0.15) is 5.10 Å². The van der Waals surface area contributed by atoms with Crippen molar-refractivity contribution in [3.8, 4) is 0 Å². The van der Waals surface area contributed by atoms with Crippen molar-refractivity contribution in [3.63, 3.8) is 0 Å². The molecular weight excluding hydrogens is 380 g/mol. The molecular formula is C19H30N4O6. The molecule has 0 spiro atoms. The van der Waals surface area contributed by atoms with Gasteiger partial charge in [0.05, 0.1) is 5.92 Å². The quantitative estimate of drug-likeness (QED) is 0.765. The second kappa shape index (κ2) is 11.2. The van der Waals surface area contributed by atoms with Crippen LogP contribution in [0.15, 0.2) is 12.3 Å². The summed E-state index contributed by atoms with van der Waals surface area (Å²) in [4.78, 5) is 46.8. The van der Waals surface area contributed by atoms with Gasteiger partial charge in [0.1, 0.15) is 6.04 Å². The van der Waals surface area contributed by atoms with Crippen LogP contribution in [0.1, 0.15) is 46.5 Å². The lowest BCUT2D eigenvalue weighted by molar-refractivity contribution is -0.150. The SMILES string of the molecule is CC.CC(C(=O)O)N1CCCCC1=O.Cn1ccc(N2CC(C(=O)O)CC2=O)n1. The minimum Gasteiger partial charge on any atom is -0.481 e. The number of likely N-dealkylation sites (tertiary alicyclic amines) is 1. The fraction of sp³-hybridized carbons (Fsp3) is 0.632. The summed E-state index contributed by atoms with van der Waals surface area (Å²) in [6.45, 7) is 6.35. The Bertz CT molecular complexity index is 732. The van der Waals surface area contributed by atoms with Crippen LogP contribution < -0.4 is 4.90 Å². The first kappa shape index (κ1) is 24.1. The summed E-state index contributed by atoms with van der Waals surface area (Å²) in [6.07, 6.45) is 4.09. The fourth-order valence-corrected chi connectivity index (χ4v) is 3.01. The van der Waals surface area contributed by atoms with Gasteiger partial charge < -0.3 is 15.1 Å². The molecule has 2 saturated heterocycles. The smallest absolute Gasteiger partial charge is 0.326 e. The molecule has 1 aromatic heterocycles. The van der Waals surface area contributed by atoms with Crippen LogP contribution in [0.5, 0.6) is 0 Å². The Balaban J connectivity index is 0.000000273. The third-order valence-electron chi connectivity index (χ3n) is 4.64. The first-order valence-electron chi connectivity index (χ1n) is 9.75. The van der Waals surface area contributed by atoms with Crippen LogP contribution in [-0.2, 0) is 26.2 Å². The zero-order valence-electron chi connectivity index (χ0n) is 17.4. The molecule has 29 heavy (non-hydrogen) atoms. The molecule has 2 aliphatic heterocycles. The zero-order chi connectivity index (χ0) is 22.1. The Hall–Kier alpha value is -2.91. The topological polar surface area (TPSA) is 133 Å². The Morgan fingerprint density at radius 1 is 1.17 bits per heavy atom. The van der Waals surface area contributed by atoms with E-state index in [4.69, 9.17) is 10.2 Å². The lowest BCUT2D eigenvalue weighted by Crippen LogP contribution is -2.45. The number of aromatic nitrogens is 2. The molecule has 3 rings (SSSR count). The van der Waals surface area contributed by atoms with E-state index in [-0.39, 0.29) is 24.8 Å². The van der Waals surface area contributed by atoms with Gasteiger partial charge in [-0.1, -0.05) is 13.8 Å². The maximum absolute atomic E-state index is 11.5. The number of amides is 2. The maximum Gasteiger partial charge on any atom is 0.326 e. The number of rotatable bonds is 4. The lowest BCUT2D eigenvalue weighted by Gasteiger charge is -2.29. The highest BCUT2D eigenvalue weighted by Crippen LogP contribution is 2.23. The van der Waals surface area contributed by atoms with E-state index < -0.39 is 23.9 Å². The predicted octanol–water partition coefficient (Wildman–Crippen LogP) is 1.36. The molecule has 0 saturated carbocycles. The van der Waals surface area contributed by atoms with Gasteiger partial charge in [-0.25, -0.2) is 4.79 Å². The van der Waals surface area contributed by atoms with Crippen molar-refractivity contribution in [1.82, 2.24) is 14.7 Å². The van der Waals surface area contributed by atoms with Crippen molar-refractivity contribution in [2.45, 2.75) is 52.5 Å². The van der Waals surface area contributed by atoms with Crippen LogP contribution in [-0.4, -0.2) is 67.8 Å². The molecule has 2 N–H and O–H groups in total. The van der Waals surface area contributed by atoms with E-state index in [1.807, 2.05) is 13.8 Å². The number of carbonyl (C=O) groups excluding carboxylic acids is 2. The van der Waals surface area contributed by atoms with Crippen LogP contribution in [0.3, 0.4) is 0 Å². The summed E-state index contributed by atoms with van der Waals surface area (Å²) in [5, 5.41) is 21.5. The number of anilines is 1. The molecule has 2 atom stereocenters. The van der Waals surface area contributed by atoms with Crippen LogP contribution in [0.4, 0.5) is 5.82 Å². The second-order valence-corrected chi connectivity index (χ2v) is 6.65. The average Bonchev–Trinajstić information content (AvgIpc) is 3.29. The monoisotopic (exact) mass is 410 g/mol. The van der Waals surface area contributed by atoms with Crippen molar-refractivity contribution in [2.24, 2.45) is 13.0 Å². The van der Waals surface area contributed by atoms with E-state index in [2.05, 4.69) is 5.10 Å². The molecule has 3 heterocycles. The van der Waals surface area contributed by atoms with E-state index in [1.165, 1.54) is 9.80 Å². The number of hydrogen-bond donors (Lipinski definition) is 2. The summed E-state index contributed by atoms with van der Waals surface area (Å²) in [5.74, 6) is -2.16. The van der Waals surface area contributed by atoms with Crippen LogP contribution in [0.2, 0.25) is 0 Å². The molecule has 2 unspecified atom stereocenters. The van der Waals surface area contributed by atoms with Crippen molar-refractivity contribution in [2.75, 3.05) is 18.0 Å². The number of nitrogens with zero attached hydrogens (tertiary/aromatic N) is 4. The van der Waals surface area contributed by atoms with Gasteiger partial charge in [-0.3, -0.25) is 24.0 Å². The van der Waals surface area contributed by atoms with E-state index in [0.29, 0.717) is 18.8 Å². The van der Waals surface area contributed by atoms with Crippen molar-refractivity contribution in [1.29, 1.82) is 0 Å². The molecule has 2 aliphatic rings. The van der Waals surface area contributed by atoms with Gasteiger partial charge in [-0.05, 0) is 19.8 Å². The molecule has 2 amide bonds. The lowest BCUT2D eigenvalue weighted by atomic mass is 10.1. The van der Waals surface area contributed by atoms with E-state index >= 15 is 0 Å². The Labute approximate surface area is 170 Å². The Morgan fingerprint density at radius 2 is 1.83 bits per heavy atom. The van der Waals surface area contributed by atoms with Crippen molar-refractivity contribution >= 4 is 29.6 Å². The zero-order valence-corrected chi connectivity index (χ0v) is 17.4. The van der Waals surface area contributed by atoms with Gasteiger partial charge in [0.2, 0.25) is 11.8 Å². The van der Waals surface area contributed by atoms with Gasteiger partial charge in [0, 0.05) is 45.2 Å². The summed E-state index contributed by atoms with van der Waals surface area (Å²) in [5.41, 5.74) is 0. The van der Waals surface area contributed by atoms with E-state index in [0.717, 1.165) is 12.8 Å². The summed E-state index contributed by atoms with van der Waals surface area (Å²) >= 11 is 0. The number of aliphatic carboxylic acids is 2. The molecule has 2 fully saturated rings. The molecule has 0 radical (unpaired) electrons. The van der Waals surface area contributed by atoms with Crippen molar-refractivity contribution < 1.29 is 29.4 Å². The van der Waals surface area contributed by atoms with Gasteiger partial charge in [-0.15, -0.1) is 0 Å². The molecule has 0 aliphatic carbocycles. The van der Waals surface area contributed by atoms with Gasteiger partial charge >= 0.3 is 11.9 Å². The standard InChI is InChI=1S/C9H11N3O3.C8H13NO3.C2H6/c1-11-3-2-7(10-11)12-5-6(9(14)15)4-8(12)13;1-6(8(11)12)9-5-3-2-4-7(9)10;1-2/h2-3,6H,4-5H2,1H3,(H,14,15);6H,2-5H2,1H3,(H,11,12);1-2H3. The third-order valence-corrected chi connectivity index (χ3v) is 4.64. The normalized spacial score (nSPS) is 19.7. The molecule has 162 valence electrons. The first-order valence-corrected chi connectivity index (χ1v) is 9.75. The Kier molecular flexibility index (Phi) is 9.30. The number of aryl methyl sites for hydroxylation is 1. The van der Waals surface area contributed by atoms with Crippen molar-refractivity contribution in [3.05, 3.63) is 12.3 Å². The average molecular weight is 410 g/mol. The molecule has 0 aromatic carbocycles. The van der Waals surface area contributed by atoms with Crippen LogP contribution in [0.25, 0.3) is 0 Å². The summed E-state index contributed by atoms with van der Waals surface area (Å²) in [6, 6.07) is 1.03. The fourth-order valence-electron chi connectivity index (χ4n) is 3.01.